The molecule has 0 aliphatic heterocycles. The van der Waals surface area contributed by atoms with Gasteiger partial charge < -0.3 is 22.6 Å². The minimum absolute atomic E-state index is 0. The summed E-state index contributed by atoms with van der Waals surface area (Å²) in [7, 11) is 0. The van der Waals surface area contributed by atoms with Crippen LogP contribution in [-0.4, -0.2) is 35.5 Å². The molecule has 3 aliphatic carbocycles. The summed E-state index contributed by atoms with van der Waals surface area (Å²) in [5.41, 5.74) is 0. The number of carbonyl (C=O) groups excluding carboxylic acids is 1. The Kier molecular flexibility index (Phi) is 8.89. The van der Waals surface area contributed by atoms with Gasteiger partial charge in [0.25, 0.3) is 5.91 Å². The van der Waals surface area contributed by atoms with Crippen molar-refractivity contribution in [2.45, 2.75) is 114 Å². The van der Waals surface area contributed by atoms with Gasteiger partial charge in [-0.15, -0.1) is 0 Å². The molecule has 140 valence electrons. The fraction of sp³-hybridized carbons (Fsp3) is 0.950. The Morgan fingerprint density at radius 1 is 0.708 bits per heavy atom. The second-order valence-corrected chi connectivity index (χ2v) is 8.22. The van der Waals surface area contributed by atoms with Gasteiger partial charge in [-0.1, -0.05) is 44.9 Å². The van der Waals surface area contributed by atoms with Crippen molar-refractivity contribution in [2.24, 2.45) is 0 Å². The molecule has 24 heavy (non-hydrogen) atoms. The van der Waals surface area contributed by atoms with Gasteiger partial charge >= 0.3 is 0 Å². The summed E-state index contributed by atoms with van der Waals surface area (Å²) in [4.78, 5) is 15.5. The molecule has 3 fully saturated rings. The first-order valence-corrected chi connectivity index (χ1v) is 10.5. The Bertz CT molecular complexity index is 341. The maximum absolute atomic E-state index is 13.1. The second-order valence-electron chi connectivity index (χ2n) is 8.22. The third-order valence-electron chi connectivity index (χ3n) is 6.50. The molecule has 0 saturated heterocycles. The molecule has 0 spiro atoms. The zero-order chi connectivity index (χ0) is 15.9. The van der Waals surface area contributed by atoms with E-state index >= 15 is 0 Å². The fourth-order valence-electron chi connectivity index (χ4n) is 5.17. The Morgan fingerprint density at radius 2 is 1.12 bits per heavy atom. The van der Waals surface area contributed by atoms with Gasteiger partial charge in [0.15, 0.2) is 6.54 Å². The van der Waals surface area contributed by atoms with Crippen molar-refractivity contribution in [3.05, 3.63) is 0 Å². The molecule has 1 amide bonds. The van der Waals surface area contributed by atoms with Crippen LogP contribution in [0.1, 0.15) is 96.3 Å². The summed E-state index contributed by atoms with van der Waals surface area (Å²) in [6.07, 6.45) is 19.8. The van der Waals surface area contributed by atoms with Crippen molar-refractivity contribution in [1.29, 1.82) is 0 Å². The zero-order valence-electron chi connectivity index (χ0n) is 15.4. The zero-order valence-corrected chi connectivity index (χ0v) is 16.1. The SMILES string of the molecule is O=C(C[NH2+]C1CCCCC1)N(C1CCCCC1)C1CCCCC1.[Cl-]. The first kappa shape index (κ1) is 20.0. The standard InChI is InChI=1S/C20H36N2O.ClH/c23-20(16-21-17-10-4-1-5-11-17)22(18-12-6-2-7-13-18)19-14-8-3-9-15-19;/h17-19,21H,1-16H2;1H. The maximum atomic E-state index is 13.1. The summed E-state index contributed by atoms with van der Waals surface area (Å²) < 4.78 is 0. The molecule has 0 unspecified atom stereocenters. The predicted octanol–water partition coefficient (Wildman–Crippen LogP) is 0.381. The lowest BCUT2D eigenvalue weighted by Gasteiger charge is -2.41. The monoisotopic (exact) mass is 356 g/mol. The third-order valence-corrected chi connectivity index (χ3v) is 6.50. The topological polar surface area (TPSA) is 36.9 Å². The van der Waals surface area contributed by atoms with E-state index in [4.69, 9.17) is 0 Å². The number of hydrogen-bond acceptors (Lipinski definition) is 1. The highest BCUT2D eigenvalue weighted by atomic mass is 35.5. The maximum Gasteiger partial charge on any atom is 0.278 e. The minimum Gasteiger partial charge on any atom is -1.00 e. The van der Waals surface area contributed by atoms with Gasteiger partial charge in [-0.2, -0.15) is 0 Å². The number of hydrogen-bond donors (Lipinski definition) is 1. The summed E-state index contributed by atoms with van der Waals surface area (Å²) >= 11 is 0. The van der Waals surface area contributed by atoms with Crippen molar-refractivity contribution >= 4 is 5.91 Å². The lowest BCUT2D eigenvalue weighted by atomic mass is 9.88. The van der Waals surface area contributed by atoms with Gasteiger partial charge in [-0.25, -0.2) is 0 Å². The normalized spacial score (nSPS) is 24.3. The molecule has 3 nitrogen and oxygen atoms in total. The molecule has 0 atom stereocenters. The van der Waals surface area contributed by atoms with Crippen LogP contribution in [0.5, 0.6) is 0 Å². The number of halogens is 1. The number of quaternary nitrogens is 1. The Labute approximate surface area is 154 Å². The second kappa shape index (κ2) is 10.7. The number of nitrogens with two attached hydrogens (primary N) is 1. The number of rotatable bonds is 5. The van der Waals surface area contributed by atoms with Crippen molar-refractivity contribution in [3.63, 3.8) is 0 Å². The summed E-state index contributed by atoms with van der Waals surface area (Å²) in [5.74, 6) is 0.453. The smallest absolute Gasteiger partial charge is 0.278 e. The van der Waals surface area contributed by atoms with Crippen LogP contribution in [0.15, 0.2) is 0 Å². The van der Waals surface area contributed by atoms with Crippen LogP contribution in [0.25, 0.3) is 0 Å². The molecule has 2 N–H and O–H groups in total. The van der Waals surface area contributed by atoms with Gasteiger partial charge in [0, 0.05) is 12.1 Å². The molecule has 0 aromatic heterocycles. The highest BCUT2D eigenvalue weighted by Gasteiger charge is 2.33. The van der Waals surface area contributed by atoms with E-state index in [0.717, 1.165) is 0 Å². The molecule has 0 radical (unpaired) electrons. The van der Waals surface area contributed by atoms with E-state index in [0.29, 0.717) is 30.6 Å². The first-order chi connectivity index (χ1) is 11.3. The van der Waals surface area contributed by atoms with E-state index in [2.05, 4.69) is 10.2 Å². The van der Waals surface area contributed by atoms with E-state index in [1.807, 2.05) is 0 Å². The van der Waals surface area contributed by atoms with Crippen molar-refractivity contribution in [1.82, 2.24) is 4.90 Å². The third kappa shape index (κ3) is 5.62. The molecule has 3 aliphatic rings. The van der Waals surface area contributed by atoms with Crippen molar-refractivity contribution < 1.29 is 22.5 Å². The van der Waals surface area contributed by atoms with E-state index < -0.39 is 0 Å². The Morgan fingerprint density at radius 3 is 1.58 bits per heavy atom. The van der Waals surface area contributed by atoms with Gasteiger partial charge in [0.2, 0.25) is 0 Å². The van der Waals surface area contributed by atoms with Crippen LogP contribution in [0.2, 0.25) is 0 Å². The molecule has 0 heterocycles. The van der Waals surface area contributed by atoms with E-state index in [1.165, 1.54) is 96.3 Å². The first-order valence-electron chi connectivity index (χ1n) is 10.5. The lowest BCUT2D eigenvalue weighted by molar-refractivity contribution is -0.682. The minimum atomic E-state index is 0. The Balaban J connectivity index is 0.00000208. The molecule has 4 heteroatoms. The van der Waals surface area contributed by atoms with Gasteiger partial charge in [-0.05, 0) is 51.4 Å². The molecule has 0 bridgehead atoms. The van der Waals surface area contributed by atoms with Crippen LogP contribution in [0.3, 0.4) is 0 Å². The van der Waals surface area contributed by atoms with E-state index in [-0.39, 0.29) is 12.4 Å². The highest BCUT2D eigenvalue weighted by Crippen LogP contribution is 2.30. The summed E-state index contributed by atoms with van der Waals surface area (Å²) in [5, 5.41) is 2.38. The van der Waals surface area contributed by atoms with Gasteiger partial charge in [0.05, 0.1) is 6.04 Å². The fourth-order valence-corrected chi connectivity index (χ4v) is 5.17. The number of amides is 1. The van der Waals surface area contributed by atoms with Crippen LogP contribution in [0, 0.1) is 0 Å². The quantitative estimate of drug-likeness (QED) is 0.759. The summed E-state index contributed by atoms with van der Waals surface area (Å²) in [6.45, 7) is 0.706. The van der Waals surface area contributed by atoms with E-state index in [1.54, 1.807) is 0 Å². The largest absolute Gasteiger partial charge is 1.00 e. The van der Waals surface area contributed by atoms with Gasteiger partial charge in [0.1, 0.15) is 0 Å². The van der Waals surface area contributed by atoms with Crippen LogP contribution in [-0.2, 0) is 4.79 Å². The summed E-state index contributed by atoms with van der Waals surface area (Å²) in [6, 6.07) is 1.82. The number of carbonyl (C=O) groups is 1. The van der Waals surface area contributed by atoms with Crippen LogP contribution < -0.4 is 17.7 Å². The van der Waals surface area contributed by atoms with Crippen LogP contribution in [0.4, 0.5) is 0 Å². The molecular weight excluding hydrogens is 320 g/mol. The highest BCUT2D eigenvalue weighted by molar-refractivity contribution is 5.77. The predicted molar refractivity (Wildman–Crippen MR) is 94.3 cm³/mol. The average Bonchev–Trinajstić information content (AvgIpc) is 2.63. The van der Waals surface area contributed by atoms with Crippen molar-refractivity contribution in [2.75, 3.05) is 6.54 Å². The number of nitrogens with zero attached hydrogens (tertiary/aromatic N) is 1. The van der Waals surface area contributed by atoms with E-state index in [9.17, 15) is 4.79 Å². The molecular formula is C20H37ClN2O. The molecule has 3 rings (SSSR count). The molecule has 0 aromatic carbocycles. The lowest BCUT2D eigenvalue weighted by Crippen LogP contribution is -3.00. The average molecular weight is 357 g/mol. The Hall–Kier alpha value is -0.280. The molecule has 0 aromatic rings. The van der Waals surface area contributed by atoms with Crippen molar-refractivity contribution in [3.8, 4) is 0 Å². The van der Waals surface area contributed by atoms with Crippen LogP contribution >= 0.6 is 0 Å². The van der Waals surface area contributed by atoms with Gasteiger partial charge in [-0.3, -0.25) is 4.79 Å². The molecule has 3 saturated carbocycles.